The zero-order valence-electron chi connectivity index (χ0n) is 9.38. The summed E-state index contributed by atoms with van der Waals surface area (Å²) in [6.45, 7) is 3.88. The van der Waals surface area contributed by atoms with Gasteiger partial charge in [0.2, 0.25) is 0 Å². The Morgan fingerprint density at radius 1 is 1.19 bits per heavy atom. The lowest BCUT2D eigenvalue weighted by Crippen LogP contribution is -1.90. The number of phenolic OH excluding ortho intramolecular Hbond substituents is 1. The summed E-state index contributed by atoms with van der Waals surface area (Å²) < 4.78 is 1.69. The maximum absolute atomic E-state index is 9.85. The third kappa shape index (κ3) is 2.14. The van der Waals surface area contributed by atoms with Crippen LogP contribution in [0.3, 0.4) is 0 Å². The molecule has 2 rings (SSSR count). The Labute approximate surface area is 94.7 Å². The van der Waals surface area contributed by atoms with Crippen molar-refractivity contribution in [1.82, 2.24) is 4.68 Å². The van der Waals surface area contributed by atoms with Crippen LogP contribution in [0, 0.1) is 13.8 Å². The van der Waals surface area contributed by atoms with Gasteiger partial charge in [-0.3, -0.25) is 0 Å². The van der Waals surface area contributed by atoms with Crippen molar-refractivity contribution in [2.24, 2.45) is 5.10 Å². The van der Waals surface area contributed by atoms with Gasteiger partial charge in [-0.05, 0) is 43.2 Å². The Hall–Kier alpha value is -2.03. The molecule has 1 aromatic heterocycles. The summed E-state index contributed by atoms with van der Waals surface area (Å²) >= 11 is 0. The van der Waals surface area contributed by atoms with Gasteiger partial charge in [0.1, 0.15) is 5.75 Å². The predicted octanol–water partition coefficient (Wildman–Crippen LogP) is 2.69. The standard InChI is InChI=1S/C13H14N2O/c1-10-7-11(2)13(16)12(8-10)9-14-15-5-3-4-6-15/h3-9,16H,1-2H3/b14-9-. The van der Waals surface area contributed by atoms with E-state index in [2.05, 4.69) is 5.10 Å². The number of hydrogen-bond donors (Lipinski definition) is 1. The summed E-state index contributed by atoms with van der Waals surface area (Å²) in [5, 5.41) is 14.1. The fraction of sp³-hybridized carbons (Fsp3) is 0.154. The third-order valence-electron chi connectivity index (χ3n) is 2.39. The molecule has 16 heavy (non-hydrogen) atoms. The van der Waals surface area contributed by atoms with Crippen LogP contribution in [0.1, 0.15) is 16.7 Å². The molecule has 82 valence electrons. The van der Waals surface area contributed by atoms with Gasteiger partial charge in [0, 0.05) is 18.0 Å². The van der Waals surface area contributed by atoms with Crippen LogP contribution in [0.25, 0.3) is 0 Å². The van der Waals surface area contributed by atoms with E-state index in [-0.39, 0.29) is 0 Å². The molecule has 1 heterocycles. The first-order valence-electron chi connectivity index (χ1n) is 5.14. The first-order chi connectivity index (χ1) is 7.66. The van der Waals surface area contributed by atoms with Gasteiger partial charge in [-0.1, -0.05) is 6.07 Å². The fourth-order valence-corrected chi connectivity index (χ4v) is 1.62. The van der Waals surface area contributed by atoms with Gasteiger partial charge < -0.3 is 5.11 Å². The van der Waals surface area contributed by atoms with E-state index in [9.17, 15) is 5.11 Å². The zero-order valence-corrected chi connectivity index (χ0v) is 9.38. The van der Waals surface area contributed by atoms with Crippen LogP contribution < -0.4 is 0 Å². The molecule has 0 amide bonds. The van der Waals surface area contributed by atoms with E-state index in [4.69, 9.17) is 0 Å². The SMILES string of the molecule is Cc1cc(C)c(O)c(/C=N\n2cccc2)c1. The second-order valence-corrected chi connectivity index (χ2v) is 3.83. The summed E-state index contributed by atoms with van der Waals surface area (Å²) in [6.07, 6.45) is 5.35. The number of phenols is 1. The van der Waals surface area contributed by atoms with Crippen molar-refractivity contribution < 1.29 is 5.11 Å². The van der Waals surface area contributed by atoms with Gasteiger partial charge in [0.25, 0.3) is 0 Å². The summed E-state index contributed by atoms with van der Waals surface area (Å²) in [7, 11) is 0. The lowest BCUT2D eigenvalue weighted by Gasteiger charge is -2.04. The van der Waals surface area contributed by atoms with Crippen LogP contribution in [0.5, 0.6) is 5.75 Å². The average Bonchev–Trinajstić information content (AvgIpc) is 2.74. The highest BCUT2D eigenvalue weighted by Crippen LogP contribution is 2.22. The molecule has 0 atom stereocenters. The smallest absolute Gasteiger partial charge is 0.127 e. The Morgan fingerprint density at radius 2 is 1.88 bits per heavy atom. The van der Waals surface area contributed by atoms with Crippen LogP contribution in [0.2, 0.25) is 0 Å². The molecule has 0 aliphatic rings. The molecule has 0 radical (unpaired) electrons. The van der Waals surface area contributed by atoms with Gasteiger partial charge in [-0.15, -0.1) is 0 Å². The Morgan fingerprint density at radius 3 is 2.56 bits per heavy atom. The van der Waals surface area contributed by atoms with E-state index in [1.54, 1.807) is 10.9 Å². The maximum atomic E-state index is 9.85. The minimum absolute atomic E-state index is 0.293. The van der Waals surface area contributed by atoms with E-state index in [1.165, 1.54) is 0 Å². The summed E-state index contributed by atoms with van der Waals surface area (Å²) in [5.74, 6) is 0.293. The third-order valence-corrected chi connectivity index (χ3v) is 2.39. The molecule has 3 heteroatoms. The maximum Gasteiger partial charge on any atom is 0.127 e. The molecule has 2 aromatic rings. The molecule has 1 N–H and O–H groups in total. The molecule has 0 spiro atoms. The van der Waals surface area contributed by atoms with Crippen molar-refractivity contribution in [2.45, 2.75) is 13.8 Å². The van der Waals surface area contributed by atoms with Crippen LogP contribution in [0.15, 0.2) is 41.8 Å². The molecule has 0 fully saturated rings. The summed E-state index contributed by atoms with van der Waals surface area (Å²) in [6, 6.07) is 7.66. The van der Waals surface area contributed by atoms with Crippen molar-refractivity contribution in [3.63, 3.8) is 0 Å². The number of aromatic nitrogens is 1. The monoisotopic (exact) mass is 214 g/mol. The first kappa shape index (κ1) is 10.5. The Balaban J connectivity index is 2.34. The molecule has 0 unspecified atom stereocenters. The minimum atomic E-state index is 0.293. The molecule has 1 aromatic carbocycles. The normalized spacial score (nSPS) is 11.1. The van der Waals surface area contributed by atoms with Gasteiger partial charge in [0.15, 0.2) is 0 Å². The van der Waals surface area contributed by atoms with Crippen LogP contribution in [-0.2, 0) is 0 Å². The molecule has 0 saturated heterocycles. The number of aryl methyl sites for hydroxylation is 2. The minimum Gasteiger partial charge on any atom is -0.507 e. The quantitative estimate of drug-likeness (QED) is 0.767. The van der Waals surface area contributed by atoms with Gasteiger partial charge in [-0.2, -0.15) is 5.10 Å². The topological polar surface area (TPSA) is 37.5 Å². The number of rotatable bonds is 2. The van der Waals surface area contributed by atoms with Gasteiger partial charge in [-0.25, -0.2) is 4.68 Å². The van der Waals surface area contributed by atoms with E-state index in [0.717, 1.165) is 16.7 Å². The molecular formula is C13H14N2O. The predicted molar refractivity (Wildman–Crippen MR) is 65.0 cm³/mol. The van der Waals surface area contributed by atoms with E-state index in [0.29, 0.717) is 5.75 Å². The second kappa shape index (κ2) is 4.23. The average molecular weight is 214 g/mol. The van der Waals surface area contributed by atoms with E-state index < -0.39 is 0 Å². The van der Waals surface area contributed by atoms with Crippen LogP contribution in [-0.4, -0.2) is 16.0 Å². The van der Waals surface area contributed by atoms with Gasteiger partial charge in [0.05, 0.1) is 6.21 Å². The highest BCUT2D eigenvalue weighted by Gasteiger charge is 2.02. The number of nitrogens with zero attached hydrogens (tertiary/aromatic N) is 2. The van der Waals surface area contributed by atoms with Crippen molar-refractivity contribution in [3.05, 3.63) is 53.3 Å². The number of aromatic hydroxyl groups is 1. The molecule has 3 nitrogen and oxygen atoms in total. The van der Waals surface area contributed by atoms with Crippen molar-refractivity contribution in [3.8, 4) is 5.75 Å². The highest BCUT2D eigenvalue weighted by molar-refractivity contribution is 5.84. The Bertz CT molecular complexity index is 513. The highest BCUT2D eigenvalue weighted by atomic mass is 16.3. The van der Waals surface area contributed by atoms with Gasteiger partial charge >= 0.3 is 0 Å². The summed E-state index contributed by atoms with van der Waals surface area (Å²) in [5.41, 5.74) is 2.73. The first-order valence-corrected chi connectivity index (χ1v) is 5.14. The van der Waals surface area contributed by atoms with Crippen LogP contribution >= 0.6 is 0 Å². The molecule has 0 bridgehead atoms. The zero-order chi connectivity index (χ0) is 11.5. The lowest BCUT2D eigenvalue weighted by atomic mass is 10.1. The molecular weight excluding hydrogens is 200 g/mol. The van der Waals surface area contributed by atoms with Crippen molar-refractivity contribution in [2.75, 3.05) is 0 Å². The van der Waals surface area contributed by atoms with Crippen molar-refractivity contribution in [1.29, 1.82) is 0 Å². The molecule has 0 aliphatic heterocycles. The Kier molecular flexibility index (Phi) is 2.77. The number of benzene rings is 1. The van der Waals surface area contributed by atoms with E-state index >= 15 is 0 Å². The second-order valence-electron chi connectivity index (χ2n) is 3.83. The van der Waals surface area contributed by atoms with Crippen LogP contribution in [0.4, 0.5) is 0 Å². The lowest BCUT2D eigenvalue weighted by molar-refractivity contribution is 0.470. The molecule has 0 aliphatic carbocycles. The molecule has 0 saturated carbocycles. The number of hydrogen-bond acceptors (Lipinski definition) is 2. The fourth-order valence-electron chi connectivity index (χ4n) is 1.62. The summed E-state index contributed by atoms with van der Waals surface area (Å²) in [4.78, 5) is 0. The largest absolute Gasteiger partial charge is 0.507 e. The van der Waals surface area contributed by atoms with Crippen molar-refractivity contribution >= 4 is 6.21 Å². The van der Waals surface area contributed by atoms with E-state index in [1.807, 2.05) is 50.5 Å².